The van der Waals surface area contributed by atoms with Crippen molar-refractivity contribution in [2.24, 2.45) is 11.8 Å². The zero-order chi connectivity index (χ0) is 12.8. The lowest BCUT2D eigenvalue weighted by atomic mass is 9.79. The zero-order valence-corrected chi connectivity index (χ0v) is 11.8. The van der Waals surface area contributed by atoms with E-state index in [2.05, 4.69) is 28.7 Å². The van der Waals surface area contributed by atoms with Crippen LogP contribution >= 0.6 is 0 Å². The van der Waals surface area contributed by atoms with Crippen LogP contribution in [0.25, 0.3) is 0 Å². The third-order valence-electron chi connectivity index (χ3n) is 4.33. The molecule has 3 heteroatoms. The second-order valence-corrected chi connectivity index (χ2v) is 5.87. The van der Waals surface area contributed by atoms with Crippen LogP contribution in [0.2, 0.25) is 0 Å². The Morgan fingerprint density at radius 1 is 1.22 bits per heavy atom. The van der Waals surface area contributed by atoms with E-state index in [4.69, 9.17) is 0 Å². The number of unbranched alkanes of at least 4 members (excludes halogenated alkanes) is 1. The Labute approximate surface area is 111 Å². The van der Waals surface area contributed by atoms with E-state index < -0.39 is 0 Å². The van der Waals surface area contributed by atoms with Crippen molar-refractivity contribution in [3.05, 3.63) is 18.7 Å². The van der Waals surface area contributed by atoms with Gasteiger partial charge in [0.1, 0.15) is 0 Å². The molecule has 1 aromatic heterocycles. The molecule has 1 saturated carbocycles. The van der Waals surface area contributed by atoms with E-state index in [1.54, 1.807) is 0 Å². The van der Waals surface area contributed by atoms with E-state index in [1.807, 2.05) is 18.7 Å². The fourth-order valence-corrected chi connectivity index (χ4v) is 3.19. The summed E-state index contributed by atoms with van der Waals surface area (Å²) in [7, 11) is 0. The maximum absolute atomic E-state index is 4.06. The smallest absolute Gasteiger partial charge is 0.0945 e. The lowest BCUT2D eigenvalue weighted by molar-refractivity contribution is 0.208. The van der Waals surface area contributed by atoms with Gasteiger partial charge in [-0.15, -0.1) is 0 Å². The molecule has 1 aliphatic carbocycles. The topological polar surface area (TPSA) is 29.9 Å². The van der Waals surface area contributed by atoms with E-state index in [0.29, 0.717) is 0 Å². The van der Waals surface area contributed by atoms with Gasteiger partial charge in [-0.05, 0) is 44.1 Å². The summed E-state index contributed by atoms with van der Waals surface area (Å²) in [5.41, 5.74) is 0. The lowest BCUT2D eigenvalue weighted by Crippen LogP contribution is -2.43. The van der Waals surface area contributed by atoms with Gasteiger partial charge in [-0.3, -0.25) is 0 Å². The summed E-state index contributed by atoms with van der Waals surface area (Å²) in [6.45, 7) is 7.06. The fraction of sp³-hybridized carbons (Fsp3) is 0.800. The predicted octanol–water partition coefficient (Wildman–Crippen LogP) is 3.08. The minimum Gasteiger partial charge on any atom is -0.337 e. The van der Waals surface area contributed by atoms with Gasteiger partial charge < -0.3 is 9.88 Å². The monoisotopic (exact) mass is 249 g/mol. The van der Waals surface area contributed by atoms with Gasteiger partial charge in [-0.2, -0.15) is 0 Å². The Hall–Kier alpha value is -0.830. The van der Waals surface area contributed by atoms with Crippen LogP contribution in [-0.2, 0) is 6.54 Å². The summed E-state index contributed by atoms with van der Waals surface area (Å²) < 4.78 is 2.16. The normalized spacial score (nSPS) is 28.4. The molecule has 1 N–H and O–H groups in total. The van der Waals surface area contributed by atoms with Crippen LogP contribution < -0.4 is 5.32 Å². The number of rotatable bonds is 6. The van der Waals surface area contributed by atoms with Gasteiger partial charge in [-0.1, -0.05) is 20.3 Å². The number of aryl methyl sites for hydroxylation is 1. The highest BCUT2D eigenvalue weighted by Gasteiger charge is 2.26. The molecule has 0 bridgehead atoms. The summed E-state index contributed by atoms with van der Waals surface area (Å²) in [5.74, 6) is 1.70. The summed E-state index contributed by atoms with van der Waals surface area (Å²) in [5, 5.41) is 3.78. The molecule has 2 unspecified atom stereocenters. The standard InChI is InChI=1S/C15H27N3/c1-13-6-5-7-14(2)15(13)17-8-3-4-10-18-11-9-16-12-18/h9,11-15,17H,3-8,10H2,1-2H3. The number of aromatic nitrogens is 2. The van der Waals surface area contributed by atoms with Gasteiger partial charge in [0.05, 0.1) is 6.33 Å². The van der Waals surface area contributed by atoms with Crippen LogP contribution in [0.15, 0.2) is 18.7 Å². The quantitative estimate of drug-likeness (QED) is 0.785. The van der Waals surface area contributed by atoms with Crippen molar-refractivity contribution < 1.29 is 0 Å². The van der Waals surface area contributed by atoms with Crippen LogP contribution in [0.5, 0.6) is 0 Å². The van der Waals surface area contributed by atoms with Crippen molar-refractivity contribution in [3.8, 4) is 0 Å². The molecule has 0 spiro atoms. The van der Waals surface area contributed by atoms with Crippen molar-refractivity contribution in [1.29, 1.82) is 0 Å². The Bertz CT molecular complexity index is 310. The SMILES string of the molecule is CC1CCCC(C)C1NCCCCn1ccnc1. The molecule has 3 nitrogen and oxygen atoms in total. The van der Waals surface area contributed by atoms with Gasteiger partial charge in [0.15, 0.2) is 0 Å². The van der Waals surface area contributed by atoms with Crippen molar-refractivity contribution >= 4 is 0 Å². The Balaban J connectivity index is 1.59. The maximum atomic E-state index is 4.06. The predicted molar refractivity (Wildman–Crippen MR) is 75.4 cm³/mol. The highest BCUT2D eigenvalue weighted by atomic mass is 15.0. The molecular weight excluding hydrogens is 222 g/mol. The number of imidazole rings is 1. The molecule has 18 heavy (non-hydrogen) atoms. The highest BCUT2D eigenvalue weighted by molar-refractivity contribution is 4.83. The molecule has 2 rings (SSSR count). The van der Waals surface area contributed by atoms with Crippen molar-refractivity contribution in [1.82, 2.24) is 14.9 Å². The average Bonchev–Trinajstić information content (AvgIpc) is 2.85. The summed E-state index contributed by atoms with van der Waals surface area (Å²) in [6, 6.07) is 0.743. The van der Waals surface area contributed by atoms with Gasteiger partial charge >= 0.3 is 0 Å². The Morgan fingerprint density at radius 2 is 2.00 bits per heavy atom. The third-order valence-corrected chi connectivity index (χ3v) is 4.33. The van der Waals surface area contributed by atoms with Crippen LogP contribution in [-0.4, -0.2) is 22.1 Å². The van der Waals surface area contributed by atoms with Crippen molar-refractivity contribution in [3.63, 3.8) is 0 Å². The van der Waals surface area contributed by atoms with E-state index in [9.17, 15) is 0 Å². The molecule has 0 saturated heterocycles. The molecule has 1 heterocycles. The van der Waals surface area contributed by atoms with Gasteiger partial charge in [0.2, 0.25) is 0 Å². The molecule has 1 fully saturated rings. The lowest BCUT2D eigenvalue weighted by Gasteiger charge is -2.35. The van der Waals surface area contributed by atoms with E-state index in [0.717, 1.165) is 31.0 Å². The first-order valence-electron chi connectivity index (χ1n) is 7.46. The van der Waals surface area contributed by atoms with Gasteiger partial charge in [0.25, 0.3) is 0 Å². The summed E-state index contributed by atoms with van der Waals surface area (Å²) >= 11 is 0. The summed E-state index contributed by atoms with van der Waals surface area (Å²) in [4.78, 5) is 4.06. The number of nitrogens with zero attached hydrogens (tertiary/aromatic N) is 2. The highest BCUT2D eigenvalue weighted by Crippen LogP contribution is 2.28. The molecule has 0 aromatic carbocycles. The first-order chi connectivity index (χ1) is 8.77. The largest absolute Gasteiger partial charge is 0.337 e. The van der Waals surface area contributed by atoms with Crippen LogP contribution in [0.1, 0.15) is 46.0 Å². The molecule has 0 radical (unpaired) electrons. The van der Waals surface area contributed by atoms with Crippen LogP contribution in [0.4, 0.5) is 0 Å². The fourth-order valence-electron chi connectivity index (χ4n) is 3.19. The van der Waals surface area contributed by atoms with Crippen LogP contribution in [0.3, 0.4) is 0 Å². The third kappa shape index (κ3) is 3.84. The first-order valence-corrected chi connectivity index (χ1v) is 7.46. The van der Waals surface area contributed by atoms with Gasteiger partial charge in [0, 0.05) is 25.0 Å². The maximum Gasteiger partial charge on any atom is 0.0945 e. The Morgan fingerprint density at radius 3 is 2.67 bits per heavy atom. The Kier molecular flexibility index (Phi) is 5.24. The van der Waals surface area contributed by atoms with E-state index in [-0.39, 0.29) is 0 Å². The minimum absolute atomic E-state index is 0.743. The van der Waals surface area contributed by atoms with Crippen molar-refractivity contribution in [2.75, 3.05) is 6.54 Å². The molecular formula is C15H27N3. The summed E-state index contributed by atoms with van der Waals surface area (Å²) in [6.07, 6.45) is 12.5. The first kappa shape index (κ1) is 13.6. The molecule has 1 aliphatic rings. The van der Waals surface area contributed by atoms with E-state index >= 15 is 0 Å². The number of nitrogens with one attached hydrogen (secondary N) is 1. The number of hydrogen-bond donors (Lipinski definition) is 1. The van der Waals surface area contributed by atoms with Crippen molar-refractivity contribution in [2.45, 2.75) is 58.5 Å². The second kappa shape index (κ2) is 6.93. The second-order valence-electron chi connectivity index (χ2n) is 5.87. The molecule has 0 amide bonds. The molecule has 1 aromatic rings. The van der Waals surface area contributed by atoms with E-state index in [1.165, 1.54) is 32.1 Å². The minimum atomic E-state index is 0.743. The molecule has 2 atom stereocenters. The zero-order valence-electron chi connectivity index (χ0n) is 11.8. The molecule has 0 aliphatic heterocycles. The molecule has 102 valence electrons. The van der Waals surface area contributed by atoms with Crippen LogP contribution in [0, 0.1) is 11.8 Å². The van der Waals surface area contributed by atoms with Gasteiger partial charge in [-0.25, -0.2) is 4.98 Å². The number of hydrogen-bond acceptors (Lipinski definition) is 2. The average molecular weight is 249 g/mol.